The molecule has 3 aliphatic rings. The first-order valence-corrected chi connectivity index (χ1v) is 19.5. The summed E-state index contributed by atoms with van der Waals surface area (Å²) in [5.41, 5.74) is 3.39. The minimum atomic E-state index is -1.81. The van der Waals surface area contributed by atoms with Gasteiger partial charge in [-0.2, -0.15) is 0 Å². The summed E-state index contributed by atoms with van der Waals surface area (Å²) in [7, 11) is -3.61. The summed E-state index contributed by atoms with van der Waals surface area (Å²) in [4.78, 5) is 0. The van der Waals surface area contributed by atoms with Gasteiger partial charge in [0.15, 0.2) is 8.32 Å². The molecule has 2 nitrogen and oxygen atoms in total. The van der Waals surface area contributed by atoms with Gasteiger partial charge in [-0.25, -0.2) is 0 Å². The Bertz CT molecular complexity index is 950. The molecule has 0 unspecified atom stereocenters. The van der Waals surface area contributed by atoms with E-state index in [0.29, 0.717) is 11.8 Å². The highest BCUT2D eigenvalue weighted by atomic mass is 28.4. The minimum Gasteiger partial charge on any atom is -0.543 e. The van der Waals surface area contributed by atoms with Crippen LogP contribution in [0.2, 0.25) is 36.3 Å². The molecule has 1 saturated carbocycles. The monoisotopic (exact) mass is 498 g/mol. The van der Waals surface area contributed by atoms with E-state index >= 15 is 0 Å². The van der Waals surface area contributed by atoms with Gasteiger partial charge in [-0.3, -0.25) is 0 Å². The zero-order chi connectivity index (χ0) is 25.3. The molecule has 0 heterocycles. The van der Waals surface area contributed by atoms with Gasteiger partial charge in [0.1, 0.15) is 5.75 Å². The number of hydrogen-bond acceptors (Lipinski definition) is 2. The van der Waals surface area contributed by atoms with Crippen molar-refractivity contribution in [1.29, 1.82) is 0 Å². The van der Waals surface area contributed by atoms with Crippen molar-refractivity contribution in [3.8, 4) is 5.75 Å². The average molecular weight is 499 g/mol. The lowest BCUT2D eigenvalue weighted by molar-refractivity contribution is -0.00421. The SMILES string of the molecule is CC(C)(C)[Si](C)(C)Oc1ccc2c(c1)CC[C@@H]1[C@@H]2CC[C@]2(C)[C@@H](O[Si](C)(C)C(C)(C)C)C=C[C@@H]12. The van der Waals surface area contributed by atoms with Crippen LogP contribution in [0.1, 0.15) is 84.8 Å². The highest BCUT2D eigenvalue weighted by Crippen LogP contribution is 2.60. The van der Waals surface area contributed by atoms with E-state index in [2.05, 4.69) is 105 Å². The van der Waals surface area contributed by atoms with Gasteiger partial charge < -0.3 is 8.85 Å². The number of fused-ring (bicyclic) bond motifs is 5. The van der Waals surface area contributed by atoms with E-state index in [0.717, 1.165) is 11.7 Å². The summed E-state index contributed by atoms with van der Waals surface area (Å²) in [6.07, 6.45) is 10.3. The Kier molecular flexibility index (Phi) is 6.44. The fourth-order valence-corrected chi connectivity index (χ4v) is 8.51. The van der Waals surface area contributed by atoms with Crippen LogP contribution in [0.15, 0.2) is 30.4 Å². The van der Waals surface area contributed by atoms with E-state index in [4.69, 9.17) is 8.85 Å². The maximum Gasteiger partial charge on any atom is 0.250 e. The molecule has 1 aromatic carbocycles. The van der Waals surface area contributed by atoms with Gasteiger partial charge in [0, 0.05) is 5.41 Å². The second-order valence-electron chi connectivity index (χ2n) is 14.8. The van der Waals surface area contributed by atoms with Crippen molar-refractivity contribution in [2.75, 3.05) is 0 Å². The molecule has 0 aliphatic heterocycles. The van der Waals surface area contributed by atoms with Crippen molar-refractivity contribution in [3.63, 3.8) is 0 Å². The Morgan fingerprint density at radius 3 is 2.15 bits per heavy atom. The normalized spacial score (nSPS) is 31.6. The quantitative estimate of drug-likeness (QED) is 0.304. The minimum absolute atomic E-state index is 0.222. The molecule has 4 heteroatoms. The predicted octanol–water partition coefficient (Wildman–Crippen LogP) is 9.09. The van der Waals surface area contributed by atoms with Crippen LogP contribution in [0, 0.1) is 17.3 Å². The fourth-order valence-electron chi connectivity index (χ4n) is 6.15. The summed E-state index contributed by atoms with van der Waals surface area (Å²) in [5, 5.41) is 0.472. The van der Waals surface area contributed by atoms with Gasteiger partial charge in [0.25, 0.3) is 0 Å². The first-order valence-electron chi connectivity index (χ1n) is 13.6. The average Bonchev–Trinajstić information content (AvgIpc) is 3.01. The van der Waals surface area contributed by atoms with Crippen LogP contribution in [-0.2, 0) is 10.8 Å². The van der Waals surface area contributed by atoms with Gasteiger partial charge in [-0.1, -0.05) is 66.7 Å². The van der Waals surface area contributed by atoms with Gasteiger partial charge in [-0.05, 0) is 103 Å². The summed E-state index contributed by atoms with van der Waals surface area (Å²) >= 11 is 0. The zero-order valence-electron chi connectivity index (χ0n) is 23.8. The van der Waals surface area contributed by atoms with Crippen molar-refractivity contribution < 1.29 is 8.85 Å². The van der Waals surface area contributed by atoms with Crippen molar-refractivity contribution in [2.45, 2.75) is 122 Å². The summed E-state index contributed by atoms with van der Waals surface area (Å²) in [5.74, 6) is 3.15. The van der Waals surface area contributed by atoms with E-state index in [-0.39, 0.29) is 21.6 Å². The van der Waals surface area contributed by atoms with E-state index in [1.165, 1.54) is 31.2 Å². The maximum absolute atomic E-state index is 7.01. The first kappa shape index (κ1) is 26.2. The molecular formula is C30H50O2Si2. The molecule has 0 radical (unpaired) electrons. The van der Waals surface area contributed by atoms with E-state index in [1.807, 2.05) is 0 Å². The lowest BCUT2D eigenvalue weighted by atomic mass is 9.55. The van der Waals surface area contributed by atoms with Gasteiger partial charge in [0.05, 0.1) is 6.10 Å². The van der Waals surface area contributed by atoms with Crippen LogP contribution in [0.3, 0.4) is 0 Å². The Hall–Kier alpha value is -0.846. The number of rotatable bonds is 4. The smallest absolute Gasteiger partial charge is 0.250 e. The van der Waals surface area contributed by atoms with Crippen LogP contribution >= 0.6 is 0 Å². The molecule has 0 N–H and O–H groups in total. The van der Waals surface area contributed by atoms with Crippen LogP contribution in [0.5, 0.6) is 5.75 Å². The molecule has 0 spiro atoms. The number of benzene rings is 1. The lowest BCUT2D eigenvalue weighted by Gasteiger charge is -2.52. The summed E-state index contributed by atoms with van der Waals surface area (Å²) < 4.78 is 13.7. The van der Waals surface area contributed by atoms with Crippen LogP contribution < -0.4 is 4.43 Å². The van der Waals surface area contributed by atoms with Crippen LogP contribution in [-0.4, -0.2) is 22.7 Å². The van der Waals surface area contributed by atoms with Crippen LogP contribution in [0.25, 0.3) is 0 Å². The number of hydrogen-bond donors (Lipinski definition) is 0. The Balaban J connectivity index is 1.53. The number of aryl methyl sites for hydroxylation is 1. The Labute approximate surface area is 212 Å². The highest BCUT2D eigenvalue weighted by Gasteiger charge is 2.55. The van der Waals surface area contributed by atoms with Gasteiger partial charge in [0.2, 0.25) is 8.32 Å². The molecule has 34 heavy (non-hydrogen) atoms. The van der Waals surface area contributed by atoms with Crippen molar-refractivity contribution >= 4 is 16.6 Å². The topological polar surface area (TPSA) is 18.5 Å². The van der Waals surface area contributed by atoms with Crippen molar-refractivity contribution in [1.82, 2.24) is 0 Å². The zero-order valence-corrected chi connectivity index (χ0v) is 25.8. The summed E-state index contributed by atoms with van der Waals surface area (Å²) in [6, 6.07) is 7.07. The first-order chi connectivity index (χ1) is 15.5. The maximum atomic E-state index is 7.01. The standard InChI is InChI=1S/C30H50O2Si2/c1-28(2,3)33(8,9)31-22-13-15-23-21(20-22)12-14-25-24(23)18-19-30(7)26(25)16-17-27(30)32-34(10,11)29(4,5)6/h13,15-17,20,24-27H,12,14,18-19H2,1-11H3/t24-,25-,26+,27+,30+/m1/s1. The van der Waals surface area contributed by atoms with Crippen molar-refractivity contribution in [2.24, 2.45) is 17.3 Å². The molecule has 3 aliphatic carbocycles. The molecule has 0 bridgehead atoms. The molecule has 5 atom stereocenters. The molecule has 1 aromatic rings. The van der Waals surface area contributed by atoms with Crippen molar-refractivity contribution in [3.05, 3.63) is 41.5 Å². The molecule has 0 aromatic heterocycles. The highest BCUT2D eigenvalue weighted by molar-refractivity contribution is 6.75. The third-order valence-electron chi connectivity index (χ3n) is 10.5. The third-order valence-corrected chi connectivity index (χ3v) is 19.4. The molecular weight excluding hydrogens is 449 g/mol. The lowest BCUT2D eigenvalue weighted by Crippen LogP contribution is -2.51. The molecule has 190 valence electrons. The second-order valence-corrected chi connectivity index (χ2v) is 24.3. The predicted molar refractivity (Wildman–Crippen MR) is 151 cm³/mol. The van der Waals surface area contributed by atoms with Gasteiger partial charge >= 0.3 is 0 Å². The fraction of sp³-hybridized carbons (Fsp3) is 0.733. The van der Waals surface area contributed by atoms with Gasteiger partial charge in [-0.15, -0.1) is 0 Å². The molecule has 1 fully saturated rings. The Morgan fingerprint density at radius 2 is 1.53 bits per heavy atom. The summed E-state index contributed by atoms with van der Waals surface area (Å²) in [6.45, 7) is 26.1. The largest absolute Gasteiger partial charge is 0.543 e. The van der Waals surface area contributed by atoms with E-state index < -0.39 is 16.6 Å². The number of allylic oxidation sites excluding steroid dienone is 1. The molecule has 0 amide bonds. The Morgan fingerprint density at radius 1 is 0.882 bits per heavy atom. The van der Waals surface area contributed by atoms with E-state index in [9.17, 15) is 0 Å². The molecule has 4 rings (SSSR count). The van der Waals surface area contributed by atoms with E-state index in [1.54, 1.807) is 5.56 Å². The van der Waals surface area contributed by atoms with Crippen LogP contribution in [0.4, 0.5) is 0 Å². The second kappa shape index (κ2) is 8.34. The third kappa shape index (κ3) is 4.41. The molecule has 0 saturated heterocycles.